The number of ether oxygens (including phenoxy) is 2. The molecular weight excluding hydrogens is 470 g/mol. The van der Waals surface area contributed by atoms with E-state index in [1.807, 2.05) is 23.1 Å². The van der Waals surface area contributed by atoms with Crippen molar-refractivity contribution in [2.24, 2.45) is 0 Å². The molecule has 11 heteroatoms. The minimum absolute atomic E-state index is 0.0692. The van der Waals surface area contributed by atoms with Gasteiger partial charge in [0, 0.05) is 38.0 Å². The second-order valence-corrected chi connectivity index (χ2v) is 10.7. The standard InChI is InChI=1S/C24H25N5O5S/c1-28(2)22(30)12-34-16-5-4-15-8-9-29(21(15)10-16)24-18-13-35(31,32)14-20(18)26-23(27-24)19-7-6-17(33-3)11-25-19/h4-7,10-11H,8-9,12-14H2,1-3H3. The molecule has 2 aromatic heterocycles. The van der Waals surface area contributed by atoms with Crippen molar-refractivity contribution in [3.63, 3.8) is 0 Å². The highest BCUT2D eigenvalue weighted by molar-refractivity contribution is 7.90. The van der Waals surface area contributed by atoms with E-state index in [-0.39, 0.29) is 24.0 Å². The summed E-state index contributed by atoms with van der Waals surface area (Å²) in [6.07, 6.45) is 2.35. The maximum Gasteiger partial charge on any atom is 0.259 e. The Labute approximate surface area is 203 Å². The number of pyridine rings is 1. The van der Waals surface area contributed by atoms with Gasteiger partial charge in [0.2, 0.25) is 0 Å². The lowest BCUT2D eigenvalue weighted by atomic mass is 10.1. The van der Waals surface area contributed by atoms with Crippen molar-refractivity contribution < 1.29 is 22.7 Å². The van der Waals surface area contributed by atoms with Crippen LogP contribution < -0.4 is 14.4 Å². The summed E-state index contributed by atoms with van der Waals surface area (Å²) in [4.78, 5) is 29.2. The van der Waals surface area contributed by atoms with E-state index in [1.165, 1.54) is 4.90 Å². The van der Waals surface area contributed by atoms with Crippen molar-refractivity contribution in [1.29, 1.82) is 0 Å². The summed E-state index contributed by atoms with van der Waals surface area (Å²) in [6.45, 7) is 0.564. The van der Waals surface area contributed by atoms with Crippen molar-refractivity contribution in [2.45, 2.75) is 17.9 Å². The predicted octanol–water partition coefficient (Wildman–Crippen LogP) is 2.14. The Hall–Kier alpha value is -3.73. The number of anilines is 2. The molecule has 0 spiro atoms. The summed E-state index contributed by atoms with van der Waals surface area (Å²) in [5.74, 6) is 1.70. The molecule has 0 atom stereocenters. The Balaban J connectivity index is 1.54. The fourth-order valence-corrected chi connectivity index (χ4v) is 5.67. The first-order valence-corrected chi connectivity index (χ1v) is 12.9. The molecule has 3 aromatic rings. The maximum atomic E-state index is 12.5. The monoisotopic (exact) mass is 495 g/mol. The number of carbonyl (C=O) groups is 1. The zero-order valence-corrected chi connectivity index (χ0v) is 20.5. The molecule has 0 N–H and O–H groups in total. The normalized spacial score (nSPS) is 15.5. The van der Waals surface area contributed by atoms with Gasteiger partial charge in [-0.2, -0.15) is 0 Å². The van der Waals surface area contributed by atoms with Gasteiger partial charge >= 0.3 is 0 Å². The van der Waals surface area contributed by atoms with E-state index in [2.05, 4.69) is 9.97 Å². The van der Waals surface area contributed by atoms with Crippen molar-refractivity contribution in [1.82, 2.24) is 19.9 Å². The third-order valence-electron chi connectivity index (χ3n) is 6.06. The van der Waals surface area contributed by atoms with Gasteiger partial charge in [-0.3, -0.25) is 4.79 Å². The molecule has 0 aliphatic carbocycles. The molecule has 35 heavy (non-hydrogen) atoms. The van der Waals surface area contributed by atoms with Crippen LogP contribution in [0, 0.1) is 0 Å². The van der Waals surface area contributed by atoms with E-state index >= 15 is 0 Å². The van der Waals surface area contributed by atoms with E-state index in [0.29, 0.717) is 46.6 Å². The first-order chi connectivity index (χ1) is 16.7. The lowest BCUT2D eigenvalue weighted by molar-refractivity contribution is -0.130. The summed E-state index contributed by atoms with van der Waals surface area (Å²) in [7, 11) is 1.60. The number of benzene rings is 1. The molecule has 1 aromatic carbocycles. The maximum absolute atomic E-state index is 12.5. The van der Waals surface area contributed by atoms with Gasteiger partial charge in [-0.1, -0.05) is 6.07 Å². The lowest BCUT2D eigenvalue weighted by Crippen LogP contribution is -2.27. The summed E-state index contributed by atoms with van der Waals surface area (Å²) in [5.41, 5.74) is 3.61. The molecule has 0 unspecified atom stereocenters. The van der Waals surface area contributed by atoms with Crippen LogP contribution in [0.1, 0.15) is 16.8 Å². The fourth-order valence-electron chi connectivity index (χ4n) is 4.18. The van der Waals surface area contributed by atoms with Crippen LogP contribution in [0.3, 0.4) is 0 Å². The number of rotatable bonds is 6. The zero-order valence-electron chi connectivity index (χ0n) is 19.7. The Kier molecular flexibility index (Phi) is 5.79. The van der Waals surface area contributed by atoms with Crippen LogP contribution in [-0.2, 0) is 32.6 Å². The topological polar surface area (TPSA) is 115 Å². The number of aromatic nitrogens is 3. The van der Waals surface area contributed by atoms with E-state index in [9.17, 15) is 13.2 Å². The third-order valence-corrected chi connectivity index (χ3v) is 7.50. The average molecular weight is 496 g/mol. The molecule has 0 saturated heterocycles. The smallest absolute Gasteiger partial charge is 0.259 e. The van der Waals surface area contributed by atoms with E-state index < -0.39 is 9.84 Å². The number of sulfone groups is 1. The highest BCUT2D eigenvalue weighted by atomic mass is 32.2. The summed E-state index contributed by atoms with van der Waals surface area (Å²) < 4.78 is 35.9. The molecule has 0 radical (unpaired) electrons. The van der Waals surface area contributed by atoms with Gasteiger partial charge in [0.1, 0.15) is 23.0 Å². The molecule has 0 bridgehead atoms. The van der Waals surface area contributed by atoms with E-state index in [4.69, 9.17) is 14.5 Å². The summed E-state index contributed by atoms with van der Waals surface area (Å²) in [6, 6.07) is 9.19. The van der Waals surface area contributed by atoms with Gasteiger partial charge in [-0.15, -0.1) is 0 Å². The number of fused-ring (bicyclic) bond motifs is 2. The van der Waals surface area contributed by atoms with Crippen molar-refractivity contribution in [3.05, 3.63) is 53.3 Å². The number of amides is 1. The molecule has 0 fully saturated rings. The zero-order chi connectivity index (χ0) is 24.7. The first-order valence-electron chi connectivity index (χ1n) is 11.1. The Morgan fingerprint density at radius 3 is 2.63 bits per heavy atom. The number of hydrogen-bond donors (Lipinski definition) is 0. The van der Waals surface area contributed by atoms with Crippen LogP contribution in [0.5, 0.6) is 11.5 Å². The molecule has 4 heterocycles. The summed E-state index contributed by atoms with van der Waals surface area (Å²) >= 11 is 0. The predicted molar refractivity (Wildman–Crippen MR) is 129 cm³/mol. The Bertz CT molecular complexity index is 1410. The lowest BCUT2D eigenvalue weighted by Gasteiger charge is -2.22. The number of nitrogens with zero attached hydrogens (tertiary/aromatic N) is 5. The SMILES string of the molecule is COc1ccc(-c2nc3c(c(N4CCc5ccc(OCC(=O)N(C)C)cc54)n2)CS(=O)(=O)C3)nc1. The molecule has 2 aliphatic rings. The van der Waals surface area contributed by atoms with E-state index in [1.54, 1.807) is 39.5 Å². The molecule has 182 valence electrons. The molecule has 2 aliphatic heterocycles. The fraction of sp³-hybridized carbons (Fsp3) is 0.333. The van der Waals surface area contributed by atoms with Gasteiger partial charge in [-0.05, 0) is 30.2 Å². The van der Waals surface area contributed by atoms with Gasteiger partial charge in [0.05, 0.1) is 30.5 Å². The van der Waals surface area contributed by atoms with E-state index in [0.717, 1.165) is 17.7 Å². The van der Waals surface area contributed by atoms with Crippen LogP contribution in [0.4, 0.5) is 11.5 Å². The van der Waals surface area contributed by atoms with Crippen LogP contribution >= 0.6 is 0 Å². The quantitative estimate of drug-likeness (QED) is 0.507. The minimum atomic E-state index is -3.32. The number of carbonyl (C=O) groups excluding carboxylic acids is 1. The van der Waals surface area contributed by atoms with Crippen LogP contribution in [-0.4, -0.2) is 68.5 Å². The number of methoxy groups -OCH3 is 1. The first kappa shape index (κ1) is 23.0. The molecular formula is C24H25N5O5S. The van der Waals surface area contributed by atoms with Crippen LogP contribution in [0.25, 0.3) is 11.5 Å². The second kappa shape index (κ2) is 8.81. The van der Waals surface area contributed by atoms with Crippen molar-refractivity contribution in [2.75, 3.05) is 39.3 Å². The Morgan fingerprint density at radius 1 is 1.11 bits per heavy atom. The highest BCUT2D eigenvalue weighted by Crippen LogP contribution is 2.41. The van der Waals surface area contributed by atoms with Gasteiger partial charge in [0.25, 0.3) is 5.91 Å². The number of hydrogen-bond acceptors (Lipinski definition) is 9. The molecule has 10 nitrogen and oxygen atoms in total. The van der Waals surface area contributed by atoms with Crippen molar-refractivity contribution in [3.8, 4) is 23.0 Å². The summed E-state index contributed by atoms with van der Waals surface area (Å²) in [5, 5.41) is 0. The second-order valence-electron chi connectivity index (χ2n) is 8.68. The molecule has 0 saturated carbocycles. The molecule has 1 amide bonds. The van der Waals surface area contributed by atoms with Gasteiger partial charge < -0.3 is 19.3 Å². The molecule has 5 rings (SSSR count). The number of likely N-dealkylation sites (N-methyl/N-ethyl adjacent to an activating group) is 1. The highest BCUT2D eigenvalue weighted by Gasteiger charge is 2.34. The van der Waals surface area contributed by atoms with Gasteiger partial charge in [-0.25, -0.2) is 23.4 Å². The largest absolute Gasteiger partial charge is 0.495 e. The van der Waals surface area contributed by atoms with Crippen LogP contribution in [0.15, 0.2) is 36.5 Å². The Morgan fingerprint density at radius 2 is 1.91 bits per heavy atom. The van der Waals surface area contributed by atoms with Crippen molar-refractivity contribution >= 4 is 27.2 Å². The van der Waals surface area contributed by atoms with Crippen LogP contribution in [0.2, 0.25) is 0 Å². The minimum Gasteiger partial charge on any atom is -0.495 e. The average Bonchev–Trinajstić information content (AvgIpc) is 3.40. The third kappa shape index (κ3) is 4.51. The van der Waals surface area contributed by atoms with Gasteiger partial charge in [0.15, 0.2) is 22.3 Å².